The topological polar surface area (TPSA) is 15.8 Å². The summed E-state index contributed by atoms with van der Waals surface area (Å²) in [5, 5.41) is 1.47. The molecule has 2 aromatic rings. The summed E-state index contributed by atoms with van der Waals surface area (Å²) in [5.41, 5.74) is 4.47. The average molecular weight is 409 g/mol. The van der Waals surface area contributed by atoms with Gasteiger partial charge in [-0.2, -0.15) is 0 Å². The van der Waals surface area contributed by atoms with Crippen molar-refractivity contribution in [2.75, 3.05) is 0 Å². The van der Waals surface area contributed by atoms with E-state index in [2.05, 4.69) is 59.6 Å². The minimum Gasteiger partial charge on any atom is -0.358 e. The van der Waals surface area contributed by atoms with E-state index in [0.29, 0.717) is 0 Å². The summed E-state index contributed by atoms with van der Waals surface area (Å²) in [4.78, 5) is 3.67. The molecule has 22 heavy (non-hydrogen) atoms. The van der Waals surface area contributed by atoms with Crippen LogP contribution in [-0.2, 0) is 12.8 Å². The molecule has 1 N–H and O–H groups in total. The second-order valence-corrected chi connectivity index (χ2v) is 8.28. The summed E-state index contributed by atoms with van der Waals surface area (Å²) in [6.45, 7) is 4.69. The number of aromatic amines is 1. The highest BCUT2D eigenvalue weighted by Gasteiger charge is 2.24. The number of H-pyrrole nitrogens is 1. The van der Waals surface area contributed by atoms with E-state index in [-0.39, 0.29) is 0 Å². The fourth-order valence-corrected chi connectivity index (χ4v) is 4.61. The Kier molecular flexibility index (Phi) is 5.48. The largest absolute Gasteiger partial charge is 0.358 e. The van der Waals surface area contributed by atoms with E-state index in [0.717, 1.165) is 11.8 Å². The lowest BCUT2D eigenvalue weighted by Crippen LogP contribution is -2.17. The first kappa shape index (κ1) is 16.4. The van der Waals surface area contributed by atoms with Crippen molar-refractivity contribution in [3.05, 3.63) is 33.0 Å². The third-order valence-corrected chi connectivity index (χ3v) is 6.13. The second kappa shape index (κ2) is 7.37. The van der Waals surface area contributed by atoms with Crippen molar-refractivity contribution in [1.29, 1.82) is 0 Å². The van der Waals surface area contributed by atoms with Crippen LogP contribution < -0.4 is 0 Å². The van der Waals surface area contributed by atoms with Gasteiger partial charge in [0.25, 0.3) is 0 Å². The molecule has 1 nitrogen and oxygen atoms in total. The summed E-state index contributed by atoms with van der Waals surface area (Å²) in [7, 11) is 0. The number of benzene rings is 1. The number of hydrogen-bond acceptors (Lipinski definition) is 0. The van der Waals surface area contributed by atoms with Gasteiger partial charge in [0.1, 0.15) is 0 Å². The van der Waals surface area contributed by atoms with Gasteiger partial charge in [-0.1, -0.05) is 45.6 Å². The number of aromatic nitrogens is 1. The van der Waals surface area contributed by atoms with Crippen LogP contribution in [-0.4, -0.2) is 4.98 Å². The number of hydrogen-bond donors (Lipinski definition) is 1. The molecule has 0 radical (unpaired) electrons. The van der Waals surface area contributed by atoms with Gasteiger partial charge >= 0.3 is 0 Å². The number of nitrogens with one attached hydrogen (secondary N) is 1. The molecule has 0 fully saturated rings. The van der Waals surface area contributed by atoms with Gasteiger partial charge in [-0.3, -0.25) is 0 Å². The number of unbranched alkanes of at least 4 members (excludes halogenated alkanes) is 1. The van der Waals surface area contributed by atoms with E-state index in [9.17, 15) is 0 Å². The first-order valence-corrected chi connectivity index (χ1v) is 10.1. The van der Waals surface area contributed by atoms with Gasteiger partial charge in [0.05, 0.1) is 0 Å². The Morgan fingerprint density at radius 3 is 2.95 bits per heavy atom. The number of aryl methyl sites for hydroxylation is 1. The SMILES string of the molecule is CCCCC(CC)CC1CCc2[nH]c3cc(I)ccc3c2C1. The monoisotopic (exact) mass is 409 g/mol. The van der Waals surface area contributed by atoms with E-state index in [1.54, 1.807) is 5.56 Å². The van der Waals surface area contributed by atoms with Crippen LogP contribution >= 0.6 is 22.6 Å². The van der Waals surface area contributed by atoms with Crippen LogP contribution in [0.5, 0.6) is 0 Å². The van der Waals surface area contributed by atoms with Crippen LogP contribution in [0.1, 0.15) is 63.6 Å². The van der Waals surface area contributed by atoms with Crippen LogP contribution in [0.15, 0.2) is 18.2 Å². The van der Waals surface area contributed by atoms with Crippen molar-refractivity contribution in [3.8, 4) is 0 Å². The molecule has 2 heteroatoms. The number of halogens is 1. The molecule has 0 spiro atoms. The van der Waals surface area contributed by atoms with Crippen molar-refractivity contribution >= 4 is 33.5 Å². The lowest BCUT2D eigenvalue weighted by Gasteiger charge is -2.26. The molecular formula is C20H28IN. The fourth-order valence-electron chi connectivity index (χ4n) is 4.12. The third kappa shape index (κ3) is 3.52. The van der Waals surface area contributed by atoms with Crippen LogP contribution in [0.2, 0.25) is 0 Å². The molecule has 0 bridgehead atoms. The van der Waals surface area contributed by atoms with Crippen molar-refractivity contribution in [1.82, 2.24) is 4.98 Å². The highest BCUT2D eigenvalue weighted by Crippen LogP contribution is 2.36. The van der Waals surface area contributed by atoms with Crippen LogP contribution in [0.4, 0.5) is 0 Å². The lowest BCUT2D eigenvalue weighted by atomic mass is 9.79. The Morgan fingerprint density at radius 2 is 2.18 bits per heavy atom. The first-order valence-electron chi connectivity index (χ1n) is 9.00. The summed E-state index contributed by atoms with van der Waals surface area (Å²) in [6, 6.07) is 6.86. The van der Waals surface area contributed by atoms with Crippen LogP contribution in [0.3, 0.4) is 0 Å². The molecule has 0 saturated carbocycles. The van der Waals surface area contributed by atoms with E-state index < -0.39 is 0 Å². The Balaban J connectivity index is 1.74. The van der Waals surface area contributed by atoms with Crippen molar-refractivity contribution in [2.45, 2.75) is 65.2 Å². The summed E-state index contributed by atoms with van der Waals surface area (Å²) >= 11 is 2.41. The fraction of sp³-hybridized carbons (Fsp3) is 0.600. The molecule has 1 aliphatic rings. The molecule has 3 rings (SSSR count). The maximum atomic E-state index is 3.67. The van der Waals surface area contributed by atoms with Crippen molar-refractivity contribution in [2.24, 2.45) is 11.8 Å². The normalized spacial score (nSPS) is 19.3. The molecule has 0 amide bonds. The summed E-state index contributed by atoms with van der Waals surface area (Å²) in [6.07, 6.45) is 10.9. The smallest absolute Gasteiger partial charge is 0.0469 e. The highest BCUT2D eigenvalue weighted by molar-refractivity contribution is 14.1. The zero-order valence-electron chi connectivity index (χ0n) is 13.9. The van der Waals surface area contributed by atoms with Crippen molar-refractivity contribution < 1.29 is 0 Å². The zero-order valence-corrected chi connectivity index (χ0v) is 16.1. The molecule has 2 atom stereocenters. The standard InChI is InChI=1S/C20H28IN/c1-3-5-6-14(4-2)11-15-7-10-19-18(12-15)17-9-8-16(21)13-20(17)22-19/h8-9,13-15,22H,3-7,10-12H2,1-2H3. The van der Waals surface area contributed by atoms with Crippen molar-refractivity contribution in [3.63, 3.8) is 0 Å². The Labute approximate surface area is 148 Å². The van der Waals surface area contributed by atoms with Crippen LogP contribution in [0.25, 0.3) is 10.9 Å². The maximum absolute atomic E-state index is 3.67. The molecule has 1 aromatic heterocycles. The molecule has 1 heterocycles. The van der Waals surface area contributed by atoms with Gasteiger partial charge in [-0.25, -0.2) is 0 Å². The summed E-state index contributed by atoms with van der Waals surface area (Å²) < 4.78 is 1.32. The quantitative estimate of drug-likeness (QED) is 0.526. The molecule has 0 saturated heterocycles. The van der Waals surface area contributed by atoms with Gasteiger partial charge in [0.15, 0.2) is 0 Å². The molecule has 1 aliphatic carbocycles. The van der Waals surface area contributed by atoms with Crippen LogP contribution in [0, 0.1) is 15.4 Å². The number of fused-ring (bicyclic) bond motifs is 3. The van der Waals surface area contributed by atoms with E-state index in [4.69, 9.17) is 0 Å². The molecule has 0 aliphatic heterocycles. The van der Waals surface area contributed by atoms with Gasteiger partial charge in [-0.15, -0.1) is 0 Å². The molecular weight excluding hydrogens is 381 g/mol. The van der Waals surface area contributed by atoms with E-state index >= 15 is 0 Å². The van der Waals surface area contributed by atoms with E-state index in [1.807, 2.05) is 0 Å². The average Bonchev–Trinajstić information content (AvgIpc) is 2.88. The van der Waals surface area contributed by atoms with Gasteiger partial charge < -0.3 is 4.98 Å². The first-order chi connectivity index (χ1) is 10.7. The van der Waals surface area contributed by atoms with Gasteiger partial charge in [0.2, 0.25) is 0 Å². The maximum Gasteiger partial charge on any atom is 0.0469 e. The zero-order chi connectivity index (χ0) is 15.5. The highest BCUT2D eigenvalue weighted by atomic mass is 127. The second-order valence-electron chi connectivity index (χ2n) is 7.03. The molecule has 120 valence electrons. The number of rotatable bonds is 6. The third-order valence-electron chi connectivity index (χ3n) is 5.46. The summed E-state index contributed by atoms with van der Waals surface area (Å²) in [5.74, 6) is 1.84. The predicted molar refractivity (Wildman–Crippen MR) is 104 cm³/mol. The Morgan fingerprint density at radius 1 is 1.32 bits per heavy atom. The molecule has 2 unspecified atom stereocenters. The minimum atomic E-state index is 0.896. The van der Waals surface area contributed by atoms with Gasteiger partial charge in [-0.05, 0) is 77.8 Å². The minimum absolute atomic E-state index is 0.896. The lowest BCUT2D eigenvalue weighted by molar-refractivity contribution is 0.313. The molecule has 1 aromatic carbocycles. The van der Waals surface area contributed by atoms with E-state index in [1.165, 1.54) is 71.5 Å². The Bertz CT molecular complexity index is 628. The predicted octanol–water partition coefficient (Wildman–Crippen LogP) is 6.48. The van der Waals surface area contributed by atoms with Gasteiger partial charge in [0, 0.05) is 20.2 Å². The Hall–Kier alpha value is -0.510.